The van der Waals surface area contributed by atoms with Crippen LogP contribution in [0.1, 0.15) is 17.3 Å². The van der Waals surface area contributed by atoms with Crippen molar-refractivity contribution >= 4 is 34.8 Å². The van der Waals surface area contributed by atoms with Crippen LogP contribution in [-0.4, -0.2) is 30.5 Å². The van der Waals surface area contributed by atoms with Gasteiger partial charge in [-0.15, -0.1) is 0 Å². The molecule has 0 aliphatic rings. The Hall–Kier alpha value is -0.780. The highest BCUT2D eigenvalue weighted by atomic mass is 35.5. The number of rotatable bonds is 6. The molecule has 21 heavy (non-hydrogen) atoms. The minimum Gasteiger partial charge on any atom is -0.383 e. The first-order chi connectivity index (χ1) is 10.1. The standard InChI is InChI=1S/C14H16Cl3N3O/c1-18-13(10-7-9(15)3-4-11(10)16)14-12(17)8-19-20(14)5-6-21-2/h3-4,7-8,13,18H,5-6H2,1-2H3. The average molecular weight is 349 g/mol. The van der Waals surface area contributed by atoms with Crippen LogP contribution >= 0.6 is 34.8 Å². The number of halogens is 3. The summed E-state index contributed by atoms with van der Waals surface area (Å²) in [5, 5.41) is 9.32. The zero-order chi connectivity index (χ0) is 15.4. The van der Waals surface area contributed by atoms with E-state index in [1.54, 1.807) is 25.4 Å². The van der Waals surface area contributed by atoms with Gasteiger partial charge in [-0.1, -0.05) is 34.8 Å². The number of aromatic nitrogens is 2. The van der Waals surface area contributed by atoms with Crippen LogP contribution in [0.4, 0.5) is 0 Å². The molecule has 4 nitrogen and oxygen atoms in total. The molecule has 0 radical (unpaired) electrons. The second-order valence-corrected chi connectivity index (χ2v) is 5.73. The van der Waals surface area contributed by atoms with Crippen molar-refractivity contribution in [3.05, 3.63) is 50.7 Å². The smallest absolute Gasteiger partial charge is 0.0837 e. The number of hydrogen-bond donors (Lipinski definition) is 1. The Morgan fingerprint density at radius 2 is 2.05 bits per heavy atom. The Bertz CT molecular complexity index is 616. The topological polar surface area (TPSA) is 39.1 Å². The fraction of sp³-hybridized carbons (Fsp3) is 0.357. The molecule has 2 aromatic rings. The fourth-order valence-corrected chi connectivity index (χ4v) is 2.85. The highest BCUT2D eigenvalue weighted by Gasteiger charge is 2.23. The molecule has 1 heterocycles. The van der Waals surface area contributed by atoms with Crippen molar-refractivity contribution in [2.45, 2.75) is 12.6 Å². The molecule has 0 amide bonds. The highest BCUT2D eigenvalue weighted by Crippen LogP contribution is 2.33. The van der Waals surface area contributed by atoms with Crippen molar-refractivity contribution in [1.82, 2.24) is 15.1 Å². The predicted molar refractivity (Wildman–Crippen MR) is 86.5 cm³/mol. The molecule has 7 heteroatoms. The molecule has 114 valence electrons. The molecule has 0 saturated heterocycles. The summed E-state index contributed by atoms with van der Waals surface area (Å²) in [6.45, 7) is 1.15. The van der Waals surface area contributed by atoms with Gasteiger partial charge in [-0.3, -0.25) is 4.68 Å². The lowest BCUT2D eigenvalue weighted by Crippen LogP contribution is -2.23. The molecule has 0 aliphatic carbocycles. The quantitative estimate of drug-likeness (QED) is 0.863. The van der Waals surface area contributed by atoms with Crippen molar-refractivity contribution in [1.29, 1.82) is 0 Å². The number of nitrogens with zero attached hydrogens (tertiary/aromatic N) is 2. The van der Waals surface area contributed by atoms with Crippen molar-refractivity contribution in [2.75, 3.05) is 20.8 Å². The van der Waals surface area contributed by atoms with E-state index in [9.17, 15) is 0 Å². The van der Waals surface area contributed by atoms with Gasteiger partial charge in [0.25, 0.3) is 0 Å². The Morgan fingerprint density at radius 1 is 1.29 bits per heavy atom. The van der Waals surface area contributed by atoms with Gasteiger partial charge in [0.05, 0.1) is 36.1 Å². The minimum absolute atomic E-state index is 0.206. The summed E-state index contributed by atoms with van der Waals surface area (Å²) in [5.74, 6) is 0. The number of hydrogen-bond acceptors (Lipinski definition) is 3. The zero-order valence-corrected chi connectivity index (χ0v) is 14.0. The van der Waals surface area contributed by atoms with Gasteiger partial charge in [0, 0.05) is 17.2 Å². The van der Waals surface area contributed by atoms with Crippen LogP contribution in [0.3, 0.4) is 0 Å². The Labute approximate surface area is 138 Å². The Balaban J connectivity index is 2.46. The first-order valence-electron chi connectivity index (χ1n) is 6.40. The summed E-state index contributed by atoms with van der Waals surface area (Å²) in [6, 6.07) is 5.15. The summed E-state index contributed by atoms with van der Waals surface area (Å²) in [6.07, 6.45) is 1.62. The second kappa shape index (κ2) is 7.47. The lowest BCUT2D eigenvalue weighted by Gasteiger charge is -2.20. The highest BCUT2D eigenvalue weighted by molar-refractivity contribution is 6.34. The number of benzene rings is 1. The molecule has 1 N–H and O–H groups in total. The summed E-state index contributed by atoms with van der Waals surface area (Å²) in [5.41, 5.74) is 1.69. The van der Waals surface area contributed by atoms with Gasteiger partial charge in [-0.2, -0.15) is 5.10 Å². The minimum atomic E-state index is -0.206. The van der Waals surface area contributed by atoms with E-state index in [1.807, 2.05) is 17.8 Å². The first kappa shape index (κ1) is 16.6. The van der Waals surface area contributed by atoms with Gasteiger partial charge in [-0.05, 0) is 30.8 Å². The monoisotopic (exact) mass is 347 g/mol. The molecular formula is C14H16Cl3N3O. The van der Waals surface area contributed by atoms with E-state index in [0.29, 0.717) is 28.2 Å². The van der Waals surface area contributed by atoms with E-state index < -0.39 is 0 Å². The SMILES string of the molecule is CNC(c1cc(Cl)ccc1Cl)c1c(Cl)cnn1CCOC. The predicted octanol–water partition coefficient (Wildman–Crippen LogP) is 3.80. The lowest BCUT2D eigenvalue weighted by atomic mass is 10.0. The maximum Gasteiger partial charge on any atom is 0.0837 e. The van der Waals surface area contributed by atoms with Gasteiger partial charge in [-0.25, -0.2) is 0 Å². The van der Waals surface area contributed by atoms with Crippen LogP contribution in [0.5, 0.6) is 0 Å². The molecule has 1 atom stereocenters. The maximum absolute atomic E-state index is 6.30. The van der Waals surface area contributed by atoms with E-state index >= 15 is 0 Å². The summed E-state index contributed by atoms with van der Waals surface area (Å²) in [4.78, 5) is 0. The van der Waals surface area contributed by atoms with Crippen molar-refractivity contribution in [3.63, 3.8) is 0 Å². The molecule has 1 aromatic heterocycles. The average Bonchev–Trinajstić information content (AvgIpc) is 2.83. The van der Waals surface area contributed by atoms with Crippen LogP contribution in [0.15, 0.2) is 24.4 Å². The van der Waals surface area contributed by atoms with E-state index in [-0.39, 0.29) is 6.04 Å². The van der Waals surface area contributed by atoms with E-state index in [0.717, 1.165) is 11.3 Å². The third-order valence-corrected chi connectivity index (χ3v) is 4.04. The van der Waals surface area contributed by atoms with E-state index in [2.05, 4.69) is 10.4 Å². The number of nitrogens with one attached hydrogen (secondary N) is 1. The normalized spacial score (nSPS) is 12.6. The third-order valence-electron chi connectivity index (χ3n) is 3.17. The third kappa shape index (κ3) is 3.71. The number of ether oxygens (including phenoxy) is 1. The van der Waals surface area contributed by atoms with Crippen LogP contribution in [0.25, 0.3) is 0 Å². The van der Waals surface area contributed by atoms with E-state index in [1.165, 1.54) is 0 Å². The summed E-state index contributed by atoms with van der Waals surface area (Å²) in [7, 11) is 3.49. The van der Waals surface area contributed by atoms with E-state index in [4.69, 9.17) is 39.5 Å². The molecule has 1 unspecified atom stereocenters. The van der Waals surface area contributed by atoms with Crippen molar-refractivity contribution in [3.8, 4) is 0 Å². The fourth-order valence-electron chi connectivity index (χ4n) is 2.19. The Morgan fingerprint density at radius 3 is 2.71 bits per heavy atom. The molecule has 0 bridgehead atoms. The molecule has 1 aromatic carbocycles. The Kier molecular flexibility index (Phi) is 5.90. The summed E-state index contributed by atoms with van der Waals surface area (Å²) >= 11 is 18.7. The van der Waals surface area contributed by atoms with Gasteiger partial charge in [0.1, 0.15) is 0 Å². The van der Waals surface area contributed by atoms with Crippen molar-refractivity contribution in [2.24, 2.45) is 0 Å². The van der Waals surface area contributed by atoms with Gasteiger partial charge in [0.15, 0.2) is 0 Å². The molecule has 2 rings (SSSR count). The second-order valence-electron chi connectivity index (χ2n) is 4.48. The van der Waals surface area contributed by atoms with Crippen molar-refractivity contribution < 1.29 is 4.74 Å². The molecular weight excluding hydrogens is 333 g/mol. The molecule has 0 fully saturated rings. The summed E-state index contributed by atoms with van der Waals surface area (Å²) < 4.78 is 6.91. The van der Waals surface area contributed by atoms with Crippen LogP contribution < -0.4 is 5.32 Å². The van der Waals surface area contributed by atoms with Gasteiger partial charge >= 0.3 is 0 Å². The molecule has 0 spiro atoms. The maximum atomic E-state index is 6.30. The largest absolute Gasteiger partial charge is 0.383 e. The molecule has 0 aliphatic heterocycles. The van der Waals surface area contributed by atoms with Gasteiger partial charge < -0.3 is 10.1 Å². The lowest BCUT2D eigenvalue weighted by molar-refractivity contribution is 0.182. The first-order valence-corrected chi connectivity index (χ1v) is 7.54. The van der Waals surface area contributed by atoms with Crippen LogP contribution in [0, 0.1) is 0 Å². The van der Waals surface area contributed by atoms with Crippen LogP contribution in [-0.2, 0) is 11.3 Å². The van der Waals surface area contributed by atoms with Gasteiger partial charge in [0.2, 0.25) is 0 Å². The zero-order valence-electron chi connectivity index (χ0n) is 11.7. The number of methoxy groups -OCH3 is 1. The van der Waals surface area contributed by atoms with Crippen LogP contribution in [0.2, 0.25) is 15.1 Å². The molecule has 0 saturated carbocycles.